The predicted octanol–water partition coefficient (Wildman–Crippen LogP) is 3.52. The lowest BCUT2D eigenvalue weighted by molar-refractivity contribution is -0.129. The zero-order valence-corrected chi connectivity index (χ0v) is 21.6. The second-order valence-corrected chi connectivity index (χ2v) is 10.5. The van der Waals surface area contributed by atoms with Crippen molar-refractivity contribution in [3.05, 3.63) is 41.3 Å². The van der Waals surface area contributed by atoms with Crippen LogP contribution in [0.1, 0.15) is 43.1 Å². The lowest BCUT2D eigenvalue weighted by Crippen LogP contribution is -2.36. The maximum absolute atomic E-state index is 12.3. The molecule has 1 N–H and O–H groups in total. The molecule has 0 spiro atoms. The molecule has 36 heavy (non-hydrogen) atoms. The van der Waals surface area contributed by atoms with Gasteiger partial charge in [0.2, 0.25) is 5.91 Å². The molecule has 3 aliphatic rings. The third-order valence-corrected chi connectivity index (χ3v) is 7.87. The number of fused-ring (bicyclic) bond motifs is 2. The number of aromatic nitrogens is 4. The largest absolute Gasteiger partial charge is 0.388 e. The summed E-state index contributed by atoms with van der Waals surface area (Å²) in [4.78, 5) is 16.7. The molecular weight excluding hydrogens is 454 g/mol. The first kappa shape index (κ1) is 23.1. The molecule has 0 aliphatic carbocycles. The van der Waals surface area contributed by atoms with Crippen molar-refractivity contribution in [3.8, 4) is 11.1 Å². The standard InChI is InChI=1S/C27H35N7O2/c1-17-9-19-10-22(20-12-29-31(4)14-20)24(28-3)11-26(19)33(13-17)27-23-15-32(18(2)35)7-5-25(23)34(30-27)21-6-8-36-16-21/h10-12,14,17,21,28H,5-9,13,15-16H2,1-4H3/t17?,21-/m0/s1. The minimum absolute atomic E-state index is 0.120. The van der Waals surface area contributed by atoms with E-state index in [1.807, 2.05) is 29.9 Å². The van der Waals surface area contributed by atoms with Gasteiger partial charge in [0, 0.05) is 87.1 Å². The number of nitrogens with one attached hydrogen (secondary N) is 1. The Morgan fingerprint density at radius 2 is 2.14 bits per heavy atom. The molecule has 6 rings (SSSR count). The molecule has 1 amide bonds. The molecule has 9 heteroatoms. The molecule has 1 aromatic carbocycles. The molecule has 190 valence electrons. The average Bonchev–Trinajstić information content (AvgIpc) is 3.62. The summed E-state index contributed by atoms with van der Waals surface area (Å²) < 4.78 is 9.79. The van der Waals surface area contributed by atoms with Crippen molar-refractivity contribution in [1.29, 1.82) is 0 Å². The van der Waals surface area contributed by atoms with E-state index < -0.39 is 0 Å². The molecule has 0 saturated carbocycles. The number of amides is 1. The molecule has 0 radical (unpaired) electrons. The van der Waals surface area contributed by atoms with Crippen LogP contribution in [0.5, 0.6) is 0 Å². The summed E-state index contributed by atoms with van der Waals surface area (Å²) in [6.45, 7) is 7.70. The van der Waals surface area contributed by atoms with Gasteiger partial charge in [-0.2, -0.15) is 10.2 Å². The van der Waals surface area contributed by atoms with Gasteiger partial charge in [-0.3, -0.25) is 14.2 Å². The number of carbonyl (C=O) groups is 1. The summed E-state index contributed by atoms with van der Waals surface area (Å²) in [5.74, 6) is 1.59. The van der Waals surface area contributed by atoms with Crippen LogP contribution in [0.4, 0.5) is 17.2 Å². The normalized spacial score (nSPS) is 21.4. The van der Waals surface area contributed by atoms with Gasteiger partial charge in [0.1, 0.15) is 0 Å². The maximum Gasteiger partial charge on any atom is 0.219 e. The van der Waals surface area contributed by atoms with Crippen molar-refractivity contribution in [2.45, 2.75) is 45.7 Å². The van der Waals surface area contributed by atoms with Crippen LogP contribution in [-0.2, 0) is 36.0 Å². The van der Waals surface area contributed by atoms with Crippen molar-refractivity contribution in [2.24, 2.45) is 13.0 Å². The number of rotatable bonds is 4. The van der Waals surface area contributed by atoms with E-state index in [-0.39, 0.29) is 11.9 Å². The van der Waals surface area contributed by atoms with Gasteiger partial charge in [0.15, 0.2) is 5.82 Å². The number of nitrogens with zero attached hydrogens (tertiary/aromatic N) is 6. The summed E-state index contributed by atoms with van der Waals surface area (Å²) in [5.41, 5.74) is 8.30. The minimum atomic E-state index is 0.120. The van der Waals surface area contributed by atoms with Gasteiger partial charge in [-0.05, 0) is 36.5 Å². The molecule has 5 heterocycles. The van der Waals surface area contributed by atoms with Gasteiger partial charge in [-0.15, -0.1) is 0 Å². The summed E-state index contributed by atoms with van der Waals surface area (Å²) in [6.07, 6.45) is 6.81. The summed E-state index contributed by atoms with van der Waals surface area (Å²) in [5, 5.41) is 13.1. The van der Waals surface area contributed by atoms with E-state index in [9.17, 15) is 4.79 Å². The number of aryl methyl sites for hydroxylation is 1. The van der Waals surface area contributed by atoms with Crippen LogP contribution < -0.4 is 10.2 Å². The molecule has 1 fully saturated rings. The highest BCUT2D eigenvalue weighted by Gasteiger charge is 2.35. The van der Waals surface area contributed by atoms with Gasteiger partial charge in [0.05, 0.1) is 25.4 Å². The highest BCUT2D eigenvalue weighted by molar-refractivity contribution is 5.84. The highest BCUT2D eigenvalue weighted by atomic mass is 16.5. The van der Waals surface area contributed by atoms with E-state index in [0.717, 1.165) is 61.6 Å². The average molecular weight is 490 g/mol. The lowest BCUT2D eigenvalue weighted by atomic mass is 9.90. The minimum Gasteiger partial charge on any atom is -0.388 e. The molecule has 3 aromatic rings. The first-order chi connectivity index (χ1) is 17.4. The summed E-state index contributed by atoms with van der Waals surface area (Å²) in [6, 6.07) is 4.84. The number of anilines is 3. The number of hydrogen-bond acceptors (Lipinski definition) is 6. The van der Waals surface area contributed by atoms with Crippen molar-refractivity contribution in [3.63, 3.8) is 0 Å². The molecule has 3 aliphatic heterocycles. The van der Waals surface area contributed by atoms with Crippen LogP contribution in [0, 0.1) is 5.92 Å². The third-order valence-electron chi connectivity index (χ3n) is 7.87. The lowest BCUT2D eigenvalue weighted by Gasteiger charge is -2.36. The molecule has 9 nitrogen and oxygen atoms in total. The molecule has 2 aromatic heterocycles. The SMILES string of the molecule is CNc1cc2c(cc1-c1cnn(C)c1)CC(C)CN2c1nn([C@H]2CCOC2)c2c1CN(C(C)=O)CC2. The molecule has 1 unspecified atom stereocenters. The number of ether oxygens (including phenoxy) is 1. The van der Waals surface area contributed by atoms with E-state index >= 15 is 0 Å². The topological polar surface area (TPSA) is 80.5 Å². The molecular formula is C27H35N7O2. The van der Waals surface area contributed by atoms with Gasteiger partial charge in [-0.25, -0.2) is 0 Å². The van der Waals surface area contributed by atoms with Crippen molar-refractivity contribution in [2.75, 3.05) is 43.6 Å². The van der Waals surface area contributed by atoms with Crippen LogP contribution in [0.3, 0.4) is 0 Å². The fraction of sp³-hybridized carbons (Fsp3) is 0.519. The van der Waals surface area contributed by atoms with Crippen molar-refractivity contribution in [1.82, 2.24) is 24.5 Å². The van der Waals surface area contributed by atoms with Crippen LogP contribution in [-0.4, -0.2) is 63.7 Å². The Labute approximate surface area is 212 Å². The number of benzene rings is 1. The Morgan fingerprint density at radius 1 is 1.28 bits per heavy atom. The van der Waals surface area contributed by atoms with E-state index in [1.54, 1.807) is 6.92 Å². The van der Waals surface area contributed by atoms with Crippen LogP contribution in [0.2, 0.25) is 0 Å². The van der Waals surface area contributed by atoms with Gasteiger partial charge in [0.25, 0.3) is 0 Å². The number of hydrogen-bond donors (Lipinski definition) is 1. The first-order valence-corrected chi connectivity index (χ1v) is 13.0. The highest BCUT2D eigenvalue weighted by Crippen LogP contribution is 2.43. The van der Waals surface area contributed by atoms with Crippen molar-refractivity contribution < 1.29 is 9.53 Å². The molecule has 0 bridgehead atoms. The molecule has 1 saturated heterocycles. The summed E-state index contributed by atoms with van der Waals surface area (Å²) >= 11 is 0. The quantitative estimate of drug-likeness (QED) is 0.604. The Bertz CT molecular complexity index is 1300. The van der Waals surface area contributed by atoms with E-state index in [2.05, 4.69) is 45.3 Å². The Kier molecular flexibility index (Phi) is 5.75. The number of carbonyl (C=O) groups excluding carboxylic acids is 1. The molecule has 2 atom stereocenters. The van der Waals surface area contributed by atoms with Crippen LogP contribution in [0.25, 0.3) is 11.1 Å². The second-order valence-electron chi connectivity index (χ2n) is 10.5. The summed E-state index contributed by atoms with van der Waals surface area (Å²) in [7, 11) is 3.92. The predicted molar refractivity (Wildman–Crippen MR) is 140 cm³/mol. The van der Waals surface area contributed by atoms with Gasteiger partial charge >= 0.3 is 0 Å². The first-order valence-electron chi connectivity index (χ1n) is 13.0. The van der Waals surface area contributed by atoms with E-state index in [0.29, 0.717) is 19.1 Å². The van der Waals surface area contributed by atoms with Crippen LogP contribution >= 0.6 is 0 Å². The third kappa shape index (κ3) is 3.86. The van der Waals surface area contributed by atoms with E-state index in [1.165, 1.54) is 22.5 Å². The Hall–Kier alpha value is -3.33. The fourth-order valence-corrected chi connectivity index (χ4v) is 6.04. The maximum atomic E-state index is 12.3. The van der Waals surface area contributed by atoms with E-state index in [4.69, 9.17) is 9.84 Å². The smallest absolute Gasteiger partial charge is 0.219 e. The second kappa shape index (κ2) is 8.96. The van der Waals surface area contributed by atoms with Crippen molar-refractivity contribution >= 4 is 23.1 Å². The zero-order chi connectivity index (χ0) is 25.0. The zero-order valence-electron chi connectivity index (χ0n) is 21.6. The fourth-order valence-electron chi connectivity index (χ4n) is 6.04. The Morgan fingerprint density at radius 3 is 2.83 bits per heavy atom. The van der Waals surface area contributed by atoms with Gasteiger partial charge in [-0.1, -0.05) is 6.92 Å². The van der Waals surface area contributed by atoms with Crippen LogP contribution in [0.15, 0.2) is 24.5 Å². The monoisotopic (exact) mass is 489 g/mol. The van der Waals surface area contributed by atoms with Gasteiger partial charge < -0.3 is 19.9 Å². The Balaban J connectivity index is 1.48.